The van der Waals surface area contributed by atoms with E-state index >= 15 is 0 Å². The zero-order valence-electron chi connectivity index (χ0n) is 10.5. The van der Waals surface area contributed by atoms with Crippen LogP contribution in [-0.4, -0.2) is 60.8 Å². The second-order valence-corrected chi connectivity index (χ2v) is 5.91. The van der Waals surface area contributed by atoms with Crippen molar-refractivity contribution in [2.45, 2.75) is 44.8 Å². The van der Waals surface area contributed by atoms with Gasteiger partial charge in [0.25, 0.3) is 0 Å². The summed E-state index contributed by atoms with van der Waals surface area (Å²) in [6, 6.07) is 1.41. The summed E-state index contributed by atoms with van der Waals surface area (Å²) in [6.07, 6.45) is 1.21. The standard InChI is InChI=1S/C12H24N2O/c1-12(2,3)14-7-11(8-14)13(4)10-5-6-15-9-10/h10-11H,5-9H2,1-4H3. The molecule has 0 aromatic rings. The van der Waals surface area contributed by atoms with E-state index in [0.29, 0.717) is 11.6 Å². The molecule has 2 heterocycles. The maximum absolute atomic E-state index is 5.44. The quantitative estimate of drug-likeness (QED) is 0.684. The van der Waals surface area contributed by atoms with Gasteiger partial charge in [0.05, 0.1) is 6.61 Å². The van der Waals surface area contributed by atoms with Gasteiger partial charge in [-0.25, -0.2) is 0 Å². The molecular weight excluding hydrogens is 188 g/mol. The highest BCUT2D eigenvalue weighted by molar-refractivity contribution is 4.95. The molecule has 2 rings (SSSR count). The molecule has 0 amide bonds. The maximum Gasteiger partial charge on any atom is 0.0622 e. The van der Waals surface area contributed by atoms with E-state index in [1.807, 2.05) is 0 Å². The Morgan fingerprint density at radius 2 is 1.87 bits per heavy atom. The summed E-state index contributed by atoms with van der Waals surface area (Å²) >= 11 is 0. The van der Waals surface area contributed by atoms with Crippen molar-refractivity contribution < 1.29 is 4.74 Å². The molecule has 0 radical (unpaired) electrons. The lowest BCUT2D eigenvalue weighted by molar-refractivity contribution is -0.0281. The third kappa shape index (κ3) is 2.35. The Labute approximate surface area is 93.4 Å². The van der Waals surface area contributed by atoms with E-state index in [2.05, 4.69) is 37.6 Å². The molecule has 2 aliphatic rings. The van der Waals surface area contributed by atoms with E-state index in [0.717, 1.165) is 19.3 Å². The van der Waals surface area contributed by atoms with Crippen molar-refractivity contribution in [3.8, 4) is 0 Å². The molecule has 0 saturated carbocycles. The van der Waals surface area contributed by atoms with Gasteiger partial charge in [-0.05, 0) is 34.2 Å². The second kappa shape index (κ2) is 4.04. The molecule has 88 valence electrons. The van der Waals surface area contributed by atoms with E-state index in [4.69, 9.17) is 4.74 Å². The van der Waals surface area contributed by atoms with Crippen LogP contribution >= 0.6 is 0 Å². The van der Waals surface area contributed by atoms with Gasteiger partial charge in [0.15, 0.2) is 0 Å². The highest BCUT2D eigenvalue weighted by Crippen LogP contribution is 2.26. The van der Waals surface area contributed by atoms with Gasteiger partial charge in [0.1, 0.15) is 0 Å². The third-order valence-electron chi connectivity index (χ3n) is 3.87. The zero-order chi connectivity index (χ0) is 11.1. The van der Waals surface area contributed by atoms with E-state index in [1.165, 1.54) is 19.5 Å². The number of nitrogens with zero attached hydrogens (tertiary/aromatic N) is 2. The molecule has 0 aliphatic carbocycles. The van der Waals surface area contributed by atoms with Crippen LogP contribution in [0.4, 0.5) is 0 Å². The summed E-state index contributed by atoms with van der Waals surface area (Å²) in [5.41, 5.74) is 0.337. The van der Waals surface area contributed by atoms with Crippen molar-refractivity contribution in [3.05, 3.63) is 0 Å². The van der Waals surface area contributed by atoms with Gasteiger partial charge >= 0.3 is 0 Å². The SMILES string of the molecule is CN(C1CCOC1)C1CN(C(C)(C)C)C1. The first-order chi connectivity index (χ1) is 6.98. The average molecular weight is 212 g/mol. The van der Waals surface area contributed by atoms with Crippen LogP contribution in [0.5, 0.6) is 0 Å². The lowest BCUT2D eigenvalue weighted by atomic mass is 9.96. The van der Waals surface area contributed by atoms with Crippen LogP contribution in [0.2, 0.25) is 0 Å². The molecular formula is C12H24N2O. The highest BCUT2D eigenvalue weighted by Gasteiger charge is 2.38. The Morgan fingerprint density at radius 3 is 2.33 bits per heavy atom. The van der Waals surface area contributed by atoms with Crippen molar-refractivity contribution in [2.75, 3.05) is 33.4 Å². The molecule has 1 unspecified atom stereocenters. The smallest absolute Gasteiger partial charge is 0.0622 e. The van der Waals surface area contributed by atoms with Crippen LogP contribution in [0.15, 0.2) is 0 Å². The molecule has 0 N–H and O–H groups in total. The molecule has 0 aromatic heterocycles. The van der Waals surface area contributed by atoms with E-state index in [1.54, 1.807) is 0 Å². The topological polar surface area (TPSA) is 15.7 Å². The lowest BCUT2D eigenvalue weighted by Crippen LogP contribution is -2.65. The van der Waals surface area contributed by atoms with Crippen molar-refractivity contribution in [2.24, 2.45) is 0 Å². The third-order valence-corrected chi connectivity index (χ3v) is 3.87. The predicted molar refractivity (Wildman–Crippen MR) is 62.1 cm³/mol. The van der Waals surface area contributed by atoms with Gasteiger partial charge < -0.3 is 4.74 Å². The molecule has 0 bridgehead atoms. The van der Waals surface area contributed by atoms with Crippen LogP contribution < -0.4 is 0 Å². The van der Waals surface area contributed by atoms with Crippen LogP contribution in [0.1, 0.15) is 27.2 Å². The minimum absolute atomic E-state index is 0.337. The normalized spacial score (nSPS) is 29.8. The van der Waals surface area contributed by atoms with Crippen LogP contribution in [0.25, 0.3) is 0 Å². The Balaban J connectivity index is 1.78. The fraction of sp³-hybridized carbons (Fsp3) is 1.00. The summed E-state index contributed by atoms with van der Waals surface area (Å²) in [7, 11) is 2.25. The first-order valence-electron chi connectivity index (χ1n) is 6.03. The molecule has 0 spiro atoms. The van der Waals surface area contributed by atoms with Crippen LogP contribution in [0.3, 0.4) is 0 Å². The molecule has 1 atom stereocenters. The van der Waals surface area contributed by atoms with Gasteiger partial charge in [-0.2, -0.15) is 0 Å². The summed E-state index contributed by atoms with van der Waals surface area (Å²) in [4.78, 5) is 5.07. The van der Waals surface area contributed by atoms with Gasteiger partial charge in [0.2, 0.25) is 0 Å². The molecule has 15 heavy (non-hydrogen) atoms. The fourth-order valence-electron chi connectivity index (χ4n) is 2.40. The number of likely N-dealkylation sites (N-methyl/N-ethyl adjacent to an activating group) is 1. The van der Waals surface area contributed by atoms with Gasteiger partial charge in [-0.15, -0.1) is 0 Å². The maximum atomic E-state index is 5.44. The van der Waals surface area contributed by atoms with E-state index < -0.39 is 0 Å². The number of hydrogen-bond acceptors (Lipinski definition) is 3. The number of rotatable bonds is 2. The molecule has 0 aromatic carbocycles. The largest absolute Gasteiger partial charge is 0.380 e. The minimum Gasteiger partial charge on any atom is -0.380 e. The molecule has 2 fully saturated rings. The Hall–Kier alpha value is -0.120. The summed E-state index contributed by atoms with van der Waals surface area (Å²) in [5, 5.41) is 0. The minimum atomic E-state index is 0.337. The Kier molecular flexibility index (Phi) is 3.06. The first kappa shape index (κ1) is 11.4. The van der Waals surface area contributed by atoms with E-state index in [9.17, 15) is 0 Å². The Morgan fingerprint density at radius 1 is 1.20 bits per heavy atom. The second-order valence-electron chi connectivity index (χ2n) is 5.91. The molecule has 2 saturated heterocycles. The molecule has 2 aliphatic heterocycles. The van der Waals surface area contributed by atoms with Gasteiger partial charge in [-0.3, -0.25) is 9.80 Å². The van der Waals surface area contributed by atoms with E-state index in [-0.39, 0.29) is 0 Å². The number of hydrogen-bond donors (Lipinski definition) is 0. The van der Waals surface area contributed by atoms with Gasteiger partial charge in [0, 0.05) is 37.3 Å². The average Bonchev–Trinajstić information content (AvgIpc) is 2.48. The first-order valence-corrected chi connectivity index (χ1v) is 6.03. The van der Waals surface area contributed by atoms with Crippen molar-refractivity contribution in [1.82, 2.24) is 9.80 Å². The zero-order valence-corrected chi connectivity index (χ0v) is 10.5. The Bertz CT molecular complexity index is 212. The fourth-order valence-corrected chi connectivity index (χ4v) is 2.40. The number of ether oxygens (including phenoxy) is 1. The molecule has 3 nitrogen and oxygen atoms in total. The highest BCUT2D eigenvalue weighted by atomic mass is 16.5. The monoisotopic (exact) mass is 212 g/mol. The summed E-state index contributed by atoms with van der Waals surface area (Å²) in [5.74, 6) is 0. The van der Waals surface area contributed by atoms with Crippen molar-refractivity contribution >= 4 is 0 Å². The van der Waals surface area contributed by atoms with Gasteiger partial charge in [-0.1, -0.05) is 0 Å². The summed E-state index contributed by atoms with van der Waals surface area (Å²) in [6.45, 7) is 11.2. The van der Waals surface area contributed by atoms with Crippen LogP contribution in [0, 0.1) is 0 Å². The van der Waals surface area contributed by atoms with Crippen LogP contribution in [-0.2, 0) is 4.74 Å². The molecule has 3 heteroatoms. The lowest BCUT2D eigenvalue weighted by Gasteiger charge is -2.51. The van der Waals surface area contributed by atoms with Crippen molar-refractivity contribution in [3.63, 3.8) is 0 Å². The predicted octanol–water partition coefficient (Wildman–Crippen LogP) is 1.19. The van der Waals surface area contributed by atoms with Crippen molar-refractivity contribution in [1.29, 1.82) is 0 Å². The number of likely N-dealkylation sites (tertiary alicyclic amines) is 1. The summed E-state index contributed by atoms with van der Waals surface area (Å²) < 4.78 is 5.44.